The fraction of sp³-hybridized carbons (Fsp3) is 0.333. The summed E-state index contributed by atoms with van der Waals surface area (Å²) >= 11 is 0. The Balaban J connectivity index is 1.95. The molecule has 1 heterocycles. The van der Waals surface area contributed by atoms with Gasteiger partial charge >= 0.3 is 0 Å². The maximum absolute atomic E-state index is 12.7. The zero-order valence-electron chi connectivity index (χ0n) is 9.21. The molecule has 5 heteroatoms. The lowest BCUT2D eigenvalue weighted by molar-refractivity contribution is -0.0477. The number of benzene rings is 1. The first-order valence-corrected chi connectivity index (χ1v) is 5.36. The monoisotopic (exact) mass is 240 g/mol. The van der Waals surface area contributed by atoms with Crippen LogP contribution in [-0.2, 0) is 6.54 Å². The van der Waals surface area contributed by atoms with Crippen molar-refractivity contribution >= 4 is 10.9 Å². The van der Waals surface area contributed by atoms with E-state index in [2.05, 4.69) is 10.3 Å². The van der Waals surface area contributed by atoms with Crippen LogP contribution < -0.4 is 5.32 Å². The third-order valence-corrected chi connectivity index (χ3v) is 2.56. The first kappa shape index (κ1) is 12.0. The summed E-state index contributed by atoms with van der Waals surface area (Å²) in [6.45, 7) is -1.30. The lowest BCUT2D eigenvalue weighted by Gasteiger charge is -2.13. The highest BCUT2D eigenvalue weighted by Crippen LogP contribution is 2.14. The molecule has 0 atom stereocenters. The lowest BCUT2D eigenvalue weighted by Crippen LogP contribution is -2.35. The van der Waals surface area contributed by atoms with E-state index in [1.165, 1.54) is 0 Å². The van der Waals surface area contributed by atoms with Crippen LogP contribution in [0.25, 0.3) is 10.9 Å². The average Bonchev–Trinajstić information content (AvgIpc) is 2.76. The van der Waals surface area contributed by atoms with Gasteiger partial charge in [-0.1, -0.05) is 12.1 Å². The number of fused-ring (bicyclic) bond motifs is 1. The van der Waals surface area contributed by atoms with E-state index in [4.69, 9.17) is 5.11 Å². The number of nitrogens with one attached hydrogen (secondary N) is 2. The third kappa shape index (κ3) is 3.01. The molecule has 0 saturated carbocycles. The molecule has 0 aliphatic carbocycles. The first-order chi connectivity index (χ1) is 8.11. The Morgan fingerprint density at radius 2 is 2.12 bits per heavy atom. The van der Waals surface area contributed by atoms with E-state index >= 15 is 0 Å². The van der Waals surface area contributed by atoms with Crippen molar-refractivity contribution in [1.82, 2.24) is 10.3 Å². The molecule has 0 fully saturated rings. The molecule has 0 spiro atoms. The number of H-pyrrole nitrogens is 1. The molecular weight excluding hydrogens is 226 g/mol. The van der Waals surface area contributed by atoms with Gasteiger partial charge in [0.1, 0.15) is 6.61 Å². The van der Waals surface area contributed by atoms with Gasteiger partial charge in [0.05, 0.1) is 6.54 Å². The molecule has 2 aromatic rings. The number of aliphatic hydroxyl groups excluding tert-OH is 1. The van der Waals surface area contributed by atoms with Crippen LogP contribution in [0.3, 0.4) is 0 Å². The topological polar surface area (TPSA) is 48.0 Å². The molecular formula is C12H14F2N2O. The minimum atomic E-state index is -3.06. The minimum absolute atomic E-state index is 0.352. The van der Waals surface area contributed by atoms with Crippen LogP contribution in [0.1, 0.15) is 5.56 Å². The maximum Gasteiger partial charge on any atom is 0.282 e. The standard InChI is InChI=1S/C12H14F2N2O/c13-12(14,8-17)7-15-6-9-1-2-10-3-4-16-11(10)5-9/h1-5,15-17H,6-8H2. The van der Waals surface area contributed by atoms with Crippen LogP contribution >= 0.6 is 0 Å². The Morgan fingerprint density at radius 1 is 1.29 bits per heavy atom. The molecule has 3 nitrogen and oxygen atoms in total. The summed E-state index contributed by atoms with van der Waals surface area (Å²) in [5.74, 6) is -3.06. The fourth-order valence-electron chi connectivity index (χ4n) is 1.65. The van der Waals surface area contributed by atoms with E-state index in [0.717, 1.165) is 16.5 Å². The van der Waals surface area contributed by atoms with Crippen LogP contribution in [0.4, 0.5) is 8.78 Å². The molecule has 3 N–H and O–H groups in total. The summed E-state index contributed by atoms with van der Waals surface area (Å²) in [6.07, 6.45) is 1.84. The summed E-state index contributed by atoms with van der Waals surface area (Å²) < 4.78 is 25.5. The van der Waals surface area contributed by atoms with E-state index in [1.807, 2.05) is 30.5 Å². The normalized spacial score (nSPS) is 12.2. The van der Waals surface area contributed by atoms with Crippen LogP contribution in [0.5, 0.6) is 0 Å². The Hall–Kier alpha value is -1.46. The number of aromatic amines is 1. The maximum atomic E-state index is 12.7. The summed E-state index contributed by atoms with van der Waals surface area (Å²) in [5, 5.41) is 12.1. The van der Waals surface area contributed by atoms with E-state index in [-0.39, 0.29) is 0 Å². The lowest BCUT2D eigenvalue weighted by atomic mass is 10.1. The number of aliphatic hydroxyl groups is 1. The van der Waals surface area contributed by atoms with E-state index in [9.17, 15) is 8.78 Å². The summed E-state index contributed by atoms with van der Waals surface area (Å²) in [5.41, 5.74) is 1.91. The highest BCUT2D eigenvalue weighted by atomic mass is 19.3. The summed E-state index contributed by atoms with van der Waals surface area (Å²) in [6, 6.07) is 7.69. The molecule has 0 bridgehead atoms. The predicted octanol–water partition coefficient (Wildman–Crippen LogP) is 1.89. The molecule has 0 aliphatic rings. The van der Waals surface area contributed by atoms with Gasteiger partial charge in [0, 0.05) is 18.3 Å². The van der Waals surface area contributed by atoms with Crippen molar-refractivity contribution in [2.24, 2.45) is 0 Å². The smallest absolute Gasteiger partial charge is 0.282 e. The first-order valence-electron chi connectivity index (χ1n) is 5.36. The van der Waals surface area contributed by atoms with Crippen LogP contribution in [0.15, 0.2) is 30.5 Å². The van der Waals surface area contributed by atoms with Crippen molar-refractivity contribution in [3.8, 4) is 0 Å². The Kier molecular flexibility index (Phi) is 3.40. The fourth-order valence-corrected chi connectivity index (χ4v) is 1.65. The van der Waals surface area contributed by atoms with Crippen molar-refractivity contribution in [3.05, 3.63) is 36.0 Å². The van der Waals surface area contributed by atoms with E-state index < -0.39 is 19.1 Å². The van der Waals surface area contributed by atoms with Gasteiger partial charge in [-0.3, -0.25) is 0 Å². The van der Waals surface area contributed by atoms with Crippen LogP contribution in [0, 0.1) is 0 Å². The second-order valence-electron chi connectivity index (χ2n) is 4.02. The molecule has 0 unspecified atom stereocenters. The second kappa shape index (κ2) is 4.81. The highest BCUT2D eigenvalue weighted by Gasteiger charge is 2.26. The Labute approximate surface area is 97.5 Å². The van der Waals surface area contributed by atoms with Crippen molar-refractivity contribution in [2.45, 2.75) is 12.5 Å². The second-order valence-corrected chi connectivity index (χ2v) is 4.02. The van der Waals surface area contributed by atoms with Gasteiger partial charge in [0.15, 0.2) is 0 Å². The van der Waals surface area contributed by atoms with Crippen molar-refractivity contribution in [2.75, 3.05) is 13.2 Å². The Morgan fingerprint density at radius 3 is 2.88 bits per heavy atom. The van der Waals surface area contributed by atoms with Crippen LogP contribution in [-0.4, -0.2) is 29.2 Å². The molecule has 1 aromatic heterocycles. The van der Waals surface area contributed by atoms with E-state index in [0.29, 0.717) is 6.54 Å². The SMILES string of the molecule is OCC(F)(F)CNCc1ccc2cc[nH]c2c1. The molecule has 2 rings (SSSR count). The van der Waals surface area contributed by atoms with Gasteiger partial charge in [0.2, 0.25) is 0 Å². The highest BCUT2D eigenvalue weighted by molar-refractivity contribution is 5.79. The van der Waals surface area contributed by atoms with Crippen LogP contribution in [0.2, 0.25) is 0 Å². The van der Waals surface area contributed by atoms with Gasteiger partial charge in [-0.2, -0.15) is 0 Å². The molecule has 0 amide bonds. The van der Waals surface area contributed by atoms with Gasteiger partial charge in [-0.25, -0.2) is 8.78 Å². The molecule has 92 valence electrons. The number of hydrogen-bond acceptors (Lipinski definition) is 2. The predicted molar refractivity (Wildman–Crippen MR) is 62.0 cm³/mol. The van der Waals surface area contributed by atoms with Gasteiger partial charge < -0.3 is 15.4 Å². The number of halogens is 2. The zero-order valence-corrected chi connectivity index (χ0v) is 9.21. The zero-order chi connectivity index (χ0) is 12.3. The number of hydrogen-bond donors (Lipinski definition) is 3. The minimum Gasteiger partial charge on any atom is -0.390 e. The van der Waals surface area contributed by atoms with Crippen molar-refractivity contribution < 1.29 is 13.9 Å². The summed E-state index contributed by atoms with van der Waals surface area (Å²) in [4.78, 5) is 3.06. The number of alkyl halides is 2. The molecule has 0 saturated heterocycles. The van der Waals surface area contributed by atoms with E-state index in [1.54, 1.807) is 0 Å². The molecule has 1 aromatic carbocycles. The Bertz CT molecular complexity index is 496. The third-order valence-electron chi connectivity index (χ3n) is 2.56. The van der Waals surface area contributed by atoms with Crippen molar-refractivity contribution in [3.63, 3.8) is 0 Å². The van der Waals surface area contributed by atoms with Gasteiger partial charge in [-0.15, -0.1) is 0 Å². The summed E-state index contributed by atoms with van der Waals surface area (Å²) in [7, 11) is 0. The molecule has 0 aliphatic heterocycles. The quantitative estimate of drug-likeness (QED) is 0.747. The number of aromatic nitrogens is 1. The molecule has 17 heavy (non-hydrogen) atoms. The number of rotatable bonds is 5. The average molecular weight is 240 g/mol. The van der Waals surface area contributed by atoms with Gasteiger partial charge in [-0.05, 0) is 23.1 Å². The van der Waals surface area contributed by atoms with Crippen molar-refractivity contribution in [1.29, 1.82) is 0 Å². The largest absolute Gasteiger partial charge is 0.390 e. The van der Waals surface area contributed by atoms with Gasteiger partial charge in [0.25, 0.3) is 5.92 Å². The molecule has 0 radical (unpaired) electrons.